The minimum atomic E-state index is -4.54. The predicted molar refractivity (Wildman–Crippen MR) is 79.4 cm³/mol. The van der Waals surface area contributed by atoms with Gasteiger partial charge in [0.05, 0.1) is 0 Å². The van der Waals surface area contributed by atoms with Crippen molar-refractivity contribution in [1.82, 2.24) is 4.98 Å². The van der Waals surface area contributed by atoms with Crippen LogP contribution in [0.3, 0.4) is 0 Å². The van der Waals surface area contributed by atoms with E-state index in [1.807, 2.05) is 13.8 Å². The highest BCUT2D eigenvalue weighted by atomic mass is 19.4. The highest BCUT2D eigenvalue weighted by Crippen LogP contribution is 2.24. The van der Waals surface area contributed by atoms with E-state index >= 15 is 0 Å². The van der Waals surface area contributed by atoms with Gasteiger partial charge in [-0.3, -0.25) is 9.69 Å². The van der Waals surface area contributed by atoms with Crippen LogP contribution in [0.15, 0.2) is 34.9 Å². The van der Waals surface area contributed by atoms with E-state index in [-0.39, 0.29) is 11.6 Å². The molecule has 0 atom stereocenters. The number of hydrogen-bond acceptors (Lipinski definition) is 3. The molecule has 0 fully saturated rings. The van der Waals surface area contributed by atoms with E-state index < -0.39 is 18.6 Å². The maximum Gasteiger partial charge on any atom is 0.406 e. The van der Waals surface area contributed by atoms with E-state index in [4.69, 9.17) is 4.42 Å². The Morgan fingerprint density at radius 2 is 2.00 bits per heavy atom. The number of pyridine rings is 1. The van der Waals surface area contributed by atoms with Crippen LogP contribution in [0.5, 0.6) is 0 Å². The number of amides is 1. The Hall–Kier alpha value is -2.31. The first-order chi connectivity index (χ1) is 10.9. The number of alkyl halides is 3. The van der Waals surface area contributed by atoms with E-state index in [1.165, 1.54) is 24.4 Å². The molecule has 4 nitrogen and oxygen atoms in total. The van der Waals surface area contributed by atoms with Gasteiger partial charge in [0.2, 0.25) is 0 Å². The van der Waals surface area contributed by atoms with Gasteiger partial charge >= 0.3 is 6.18 Å². The van der Waals surface area contributed by atoms with Crippen LogP contribution in [0.1, 0.15) is 35.7 Å². The van der Waals surface area contributed by atoms with Gasteiger partial charge < -0.3 is 4.42 Å². The summed E-state index contributed by atoms with van der Waals surface area (Å²) in [6.07, 6.45) is -1.99. The van der Waals surface area contributed by atoms with Gasteiger partial charge in [0.1, 0.15) is 18.1 Å². The standard InChI is InChI=1S/C16H17F3N2O2/c1-3-11-9-13(23-12(11)4-2)15(22)21(10-16(17,18)19)14-7-5-6-8-20-14/h5-9H,3-4,10H2,1-2H3. The van der Waals surface area contributed by atoms with Crippen LogP contribution in [-0.2, 0) is 12.8 Å². The molecule has 124 valence electrons. The molecule has 0 saturated carbocycles. The van der Waals surface area contributed by atoms with Crippen LogP contribution in [-0.4, -0.2) is 23.6 Å². The zero-order valence-corrected chi connectivity index (χ0v) is 12.9. The van der Waals surface area contributed by atoms with E-state index in [9.17, 15) is 18.0 Å². The number of rotatable bonds is 5. The number of nitrogens with zero attached hydrogens (tertiary/aromatic N) is 2. The number of halogens is 3. The normalized spacial score (nSPS) is 11.5. The summed E-state index contributed by atoms with van der Waals surface area (Å²) in [6, 6.07) is 5.95. The zero-order valence-electron chi connectivity index (χ0n) is 12.9. The third kappa shape index (κ3) is 4.12. The number of anilines is 1. The molecular weight excluding hydrogens is 309 g/mol. The van der Waals surface area contributed by atoms with Crippen molar-refractivity contribution >= 4 is 11.7 Å². The van der Waals surface area contributed by atoms with Crippen molar-refractivity contribution in [1.29, 1.82) is 0 Å². The molecule has 2 aromatic rings. The Balaban J connectivity index is 2.39. The number of carbonyl (C=O) groups excluding carboxylic acids is 1. The molecule has 0 aliphatic carbocycles. The lowest BCUT2D eigenvalue weighted by Gasteiger charge is -2.21. The first kappa shape index (κ1) is 17.1. The first-order valence-electron chi connectivity index (χ1n) is 7.27. The number of furan rings is 1. The lowest BCUT2D eigenvalue weighted by Crippen LogP contribution is -2.39. The van der Waals surface area contributed by atoms with Crippen molar-refractivity contribution in [2.75, 3.05) is 11.4 Å². The van der Waals surface area contributed by atoms with Crippen molar-refractivity contribution in [3.05, 3.63) is 47.5 Å². The van der Waals surface area contributed by atoms with Crippen molar-refractivity contribution in [3.8, 4) is 0 Å². The van der Waals surface area contributed by atoms with Crippen LogP contribution >= 0.6 is 0 Å². The number of aromatic nitrogens is 1. The molecule has 2 heterocycles. The molecule has 2 rings (SSSR count). The Morgan fingerprint density at radius 1 is 1.26 bits per heavy atom. The SMILES string of the molecule is CCc1cc(C(=O)N(CC(F)(F)F)c2ccccn2)oc1CC. The van der Waals surface area contributed by atoms with Crippen LogP contribution in [0, 0.1) is 0 Å². The molecule has 2 aromatic heterocycles. The topological polar surface area (TPSA) is 46.3 Å². The van der Waals surface area contributed by atoms with Gasteiger partial charge in [-0.25, -0.2) is 4.98 Å². The van der Waals surface area contributed by atoms with E-state index in [0.717, 1.165) is 5.56 Å². The van der Waals surface area contributed by atoms with Crippen molar-refractivity contribution in [3.63, 3.8) is 0 Å². The lowest BCUT2D eigenvalue weighted by atomic mass is 10.1. The van der Waals surface area contributed by atoms with E-state index in [0.29, 0.717) is 23.5 Å². The van der Waals surface area contributed by atoms with Crippen LogP contribution in [0.2, 0.25) is 0 Å². The fourth-order valence-electron chi connectivity index (χ4n) is 2.25. The van der Waals surface area contributed by atoms with Gasteiger partial charge in [-0.2, -0.15) is 13.2 Å². The summed E-state index contributed by atoms with van der Waals surface area (Å²) >= 11 is 0. The van der Waals surface area contributed by atoms with E-state index in [1.54, 1.807) is 6.07 Å². The molecular formula is C16H17F3N2O2. The van der Waals surface area contributed by atoms with Crippen LogP contribution < -0.4 is 4.90 Å². The Bertz CT molecular complexity index is 644. The summed E-state index contributed by atoms with van der Waals surface area (Å²) in [7, 11) is 0. The quantitative estimate of drug-likeness (QED) is 0.834. The first-order valence-corrected chi connectivity index (χ1v) is 7.27. The Kier molecular flexibility index (Phi) is 5.08. The van der Waals surface area contributed by atoms with Crippen molar-refractivity contribution < 1.29 is 22.4 Å². The maximum absolute atomic E-state index is 12.8. The highest BCUT2D eigenvalue weighted by Gasteiger charge is 2.36. The summed E-state index contributed by atoms with van der Waals surface area (Å²) in [5, 5.41) is 0. The van der Waals surface area contributed by atoms with E-state index in [2.05, 4.69) is 4.98 Å². The molecule has 0 radical (unpaired) electrons. The molecule has 0 N–H and O–H groups in total. The van der Waals surface area contributed by atoms with Gasteiger partial charge in [-0.15, -0.1) is 0 Å². The molecule has 0 bridgehead atoms. The molecule has 0 aromatic carbocycles. The van der Waals surface area contributed by atoms with Gasteiger partial charge in [0.25, 0.3) is 5.91 Å². The smallest absolute Gasteiger partial charge is 0.406 e. The lowest BCUT2D eigenvalue weighted by molar-refractivity contribution is -0.118. The van der Waals surface area contributed by atoms with Crippen LogP contribution in [0.4, 0.5) is 19.0 Å². The molecule has 1 amide bonds. The van der Waals surface area contributed by atoms with Crippen LogP contribution in [0.25, 0.3) is 0 Å². The van der Waals surface area contributed by atoms with Gasteiger partial charge in [-0.1, -0.05) is 19.9 Å². The van der Waals surface area contributed by atoms with Crippen molar-refractivity contribution in [2.45, 2.75) is 32.9 Å². The third-order valence-electron chi connectivity index (χ3n) is 3.32. The van der Waals surface area contributed by atoms with Gasteiger partial charge in [-0.05, 0) is 30.2 Å². The number of hydrogen-bond donors (Lipinski definition) is 0. The fraction of sp³-hybridized carbons (Fsp3) is 0.375. The minimum absolute atomic E-state index is 0.0673. The number of aryl methyl sites for hydroxylation is 2. The Labute approximate surface area is 131 Å². The van der Waals surface area contributed by atoms with Gasteiger partial charge in [0.15, 0.2) is 5.76 Å². The molecule has 7 heteroatoms. The minimum Gasteiger partial charge on any atom is -0.456 e. The largest absolute Gasteiger partial charge is 0.456 e. The summed E-state index contributed by atoms with van der Waals surface area (Å²) < 4.78 is 43.9. The van der Waals surface area contributed by atoms with Crippen molar-refractivity contribution in [2.24, 2.45) is 0 Å². The second kappa shape index (κ2) is 6.85. The van der Waals surface area contributed by atoms with Gasteiger partial charge in [0, 0.05) is 12.6 Å². The second-order valence-corrected chi connectivity index (χ2v) is 4.96. The summed E-state index contributed by atoms with van der Waals surface area (Å²) in [4.78, 5) is 16.9. The molecule has 0 spiro atoms. The zero-order chi connectivity index (χ0) is 17.0. The average molecular weight is 326 g/mol. The molecule has 0 unspecified atom stereocenters. The predicted octanol–water partition coefficient (Wildman–Crippen LogP) is 4.01. The monoisotopic (exact) mass is 326 g/mol. The summed E-state index contributed by atoms with van der Waals surface area (Å²) in [5.74, 6) is -0.407. The molecule has 0 aliphatic heterocycles. The molecule has 0 aliphatic rings. The second-order valence-electron chi connectivity index (χ2n) is 4.96. The average Bonchev–Trinajstić information content (AvgIpc) is 2.95. The summed E-state index contributed by atoms with van der Waals surface area (Å²) in [5.41, 5.74) is 0.823. The number of carbonyl (C=O) groups is 1. The maximum atomic E-state index is 12.8. The highest BCUT2D eigenvalue weighted by molar-refractivity contribution is 6.03. The third-order valence-corrected chi connectivity index (χ3v) is 3.32. The molecule has 0 saturated heterocycles. The Morgan fingerprint density at radius 3 is 2.48 bits per heavy atom. The summed E-state index contributed by atoms with van der Waals surface area (Å²) in [6.45, 7) is 2.33. The molecule has 23 heavy (non-hydrogen) atoms. The fourth-order valence-corrected chi connectivity index (χ4v) is 2.25.